The van der Waals surface area contributed by atoms with Gasteiger partial charge in [-0.3, -0.25) is 4.57 Å². The van der Waals surface area contributed by atoms with Crippen LogP contribution in [0.25, 0.3) is 11.2 Å². The Hall–Kier alpha value is -2.74. The minimum atomic E-state index is -0.300. The first-order valence-electron chi connectivity index (χ1n) is 7.35. The lowest BCUT2D eigenvalue weighted by molar-refractivity contribution is 0.0593. The van der Waals surface area contributed by atoms with Crippen LogP contribution in [0.2, 0.25) is 0 Å². The monoisotopic (exact) mass is 314 g/mol. The number of ether oxygens (including phenoxy) is 1. The first-order valence-corrected chi connectivity index (χ1v) is 7.35. The van der Waals surface area contributed by atoms with Gasteiger partial charge in [0.15, 0.2) is 17.0 Å². The maximum Gasteiger partial charge on any atom is 0.224 e. The number of hydrogen-bond donors (Lipinski definition) is 2. The van der Waals surface area contributed by atoms with Gasteiger partial charge in [-0.2, -0.15) is 9.97 Å². The molecule has 1 fully saturated rings. The lowest BCUT2D eigenvalue weighted by Gasteiger charge is -2.12. The molecule has 2 aromatic heterocycles. The van der Waals surface area contributed by atoms with E-state index in [0.29, 0.717) is 22.7 Å². The molecule has 1 unspecified atom stereocenters. The fourth-order valence-corrected chi connectivity index (χ4v) is 2.68. The van der Waals surface area contributed by atoms with Crippen LogP contribution in [0.1, 0.15) is 19.1 Å². The summed E-state index contributed by atoms with van der Waals surface area (Å²) in [5.74, 6) is 0.322. The van der Waals surface area contributed by atoms with E-state index in [-0.39, 0.29) is 18.0 Å². The quantitative estimate of drug-likeness (QED) is 0.772. The predicted octanol–water partition coefficient (Wildman–Crippen LogP) is 2.60. The Labute approximate surface area is 131 Å². The van der Waals surface area contributed by atoms with Crippen LogP contribution in [0.15, 0.2) is 30.6 Å². The molecule has 1 aliphatic heterocycles. The highest BCUT2D eigenvalue weighted by Gasteiger charge is 2.22. The van der Waals surface area contributed by atoms with E-state index in [1.54, 1.807) is 18.5 Å². The Balaban J connectivity index is 1.75. The summed E-state index contributed by atoms with van der Waals surface area (Å²) < 4.78 is 20.6. The van der Waals surface area contributed by atoms with E-state index in [0.717, 1.165) is 19.4 Å². The molecule has 118 valence electrons. The van der Waals surface area contributed by atoms with Crippen molar-refractivity contribution in [2.45, 2.75) is 19.1 Å². The molecule has 0 amide bonds. The molecule has 7 nitrogen and oxygen atoms in total. The average molecular weight is 314 g/mol. The highest BCUT2D eigenvalue weighted by atomic mass is 19.1. The molecule has 0 aliphatic carbocycles. The molecule has 8 heteroatoms. The van der Waals surface area contributed by atoms with Gasteiger partial charge >= 0.3 is 0 Å². The van der Waals surface area contributed by atoms with Crippen LogP contribution in [0, 0.1) is 5.82 Å². The molecule has 1 saturated heterocycles. The summed E-state index contributed by atoms with van der Waals surface area (Å²) in [6, 6.07) is 5.98. The second-order valence-electron chi connectivity index (χ2n) is 5.35. The molecule has 0 radical (unpaired) electrons. The first-order chi connectivity index (χ1) is 11.2. The summed E-state index contributed by atoms with van der Waals surface area (Å²) in [6.07, 6.45) is 3.53. The zero-order valence-electron chi connectivity index (χ0n) is 12.2. The van der Waals surface area contributed by atoms with Gasteiger partial charge in [-0.05, 0) is 37.1 Å². The van der Waals surface area contributed by atoms with E-state index >= 15 is 0 Å². The van der Waals surface area contributed by atoms with Crippen molar-refractivity contribution >= 4 is 28.6 Å². The van der Waals surface area contributed by atoms with Crippen molar-refractivity contribution in [2.75, 3.05) is 17.7 Å². The molecule has 4 rings (SSSR count). The van der Waals surface area contributed by atoms with Crippen LogP contribution in [0.3, 0.4) is 0 Å². The number of nitrogen functional groups attached to an aromatic ring is 1. The Morgan fingerprint density at radius 2 is 2.09 bits per heavy atom. The van der Waals surface area contributed by atoms with Crippen molar-refractivity contribution in [2.24, 2.45) is 0 Å². The maximum absolute atomic E-state index is 13.0. The summed E-state index contributed by atoms with van der Waals surface area (Å²) in [5.41, 5.74) is 7.73. The zero-order chi connectivity index (χ0) is 15.8. The molecule has 23 heavy (non-hydrogen) atoms. The number of anilines is 3. The second-order valence-corrected chi connectivity index (χ2v) is 5.35. The zero-order valence-corrected chi connectivity index (χ0v) is 12.2. The normalized spacial score (nSPS) is 17.7. The van der Waals surface area contributed by atoms with Gasteiger partial charge in [0, 0.05) is 12.3 Å². The van der Waals surface area contributed by atoms with Crippen molar-refractivity contribution in [1.29, 1.82) is 0 Å². The number of nitrogens with two attached hydrogens (primary N) is 1. The van der Waals surface area contributed by atoms with Crippen LogP contribution in [-0.2, 0) is 4.74 Å². The largest absolute Gasteiger partial charge is 0.368 e. The lowest BCUT2D eigenvalue weighted by atomic mass is 10.3. The van der Waals surface area contributed by atoms with Crippen molar-refractivity contribution in [3.63, 3.8) is 0 Å². The fourth-order valence-electron chi connectivity index (χ4n) is 2.68. The molecule has 3 aromatic rings. The van der Waals surface area contributed by atoms with Gasteiger partial charge in [-0.25, -0.2) is 9.37 Å². The molecule has 3 N–H and O–H groups in total. The van der Waals surface area contributed by atoms with E-state index < -0.39 is 0 Å². The van der Waals surface area contributed by atoms with Crippen LogP contribution < -0.4 is 11.1 Å². The molecule has 0 saturated carbocycles. The van der Waals surface area contributed by atoms with E-state index in [1.807, 2.05) is 4.57 Å². The number of fused-ring (bicyclic) bond motifs is 1. The second kappa shape index (κ2) is 5.47. The molecule has 1 atom stereocenters. The SMILES string of the molecule is Nc1nc(Nc2ccc(F)cc2)c2ncn(C3CCCO3)c2n1. The highest BCUT2D eigenvalue weighted by Crippen LogP contribution is 2.29. The lowest BCUT2D eigenvalue weighted by Crippen LogP contribution is -2.08. The third-order valence-electron chi connectivity index (χ3n) is 3.76. The van der Waals surface area contributed by atoms with Crippen LogP contribution in [0.4, 0.5) is 21.8 Å². The van der Waals surface area contributed by atoms with Gasteiger partial charge in [0.2, 0.25) is 5.95 Å². The molecule has 3 heterocycles. The van der Waals surface area contributed by atoms with Gasteiger partial charge in [-0.1, -0.05) is 0 Å². The molecular weight excluding hydrogens is 299 g/mol. The van der Waals surface area contributed by atoms with Crippen molar-refractivity contribution in [1.82, 2.24) is 19.5 Å². The Morgan fingerprint density at radius 1 is 1.26 bits per heavy atom. The number of nitrogens with zero attached hydrogens (tertiary/aromatic N) is 4. The van der Waals surface area contributed by atoms with Crippen molar-refractivity contribution < 1.29 is 9.13 Å². The molecule has 1 aliphatic rings. The van der Waals surface area contributed by atoms with Gasteiger partial charge in [0.1, 0.15) is 12.0 Å². The van der Waals surface area contributed by atoms with E-state index in [2.05, 4.69) is 20.3 Å². The minimum absolute atomic E-state index is 0.0760. The fraction of sp³-hybridized carbons (Fsp3) is 0.267. The van der Waals surface area contributed by atoms with Crippen LogP contribution in [-0.4, -0.2) is 26.1 Å². The van der Waals surface area contributed by atoms with Gasteiger partial charge < -0.3 is 15.8 Å². The number of benzene rings is 1. The summed E-state index contributed by atoms with van der Waals surface area (Å²) in [5, 5.41) is 3.10. The molecule has 0 bridgehead atoms. The Bertz CT molecular complexity index is 841. The van der Waals surface area contributed by atoms with Gasteiger partial charge in [0.25, 0.3) is 0 Å². The standard InChI is InChI=1S/C15H15FN6O/c16-9-3-5-10(6-4-9)19-13-12-14(21-15(17)20-13)22(8-18-12)11-2-1-7-23-11/h3-6,8,11H,1-2,7H2,(H3,17,19,20,21). The number of rotatable bonds is 3. The number of aromatic nitrogens is 4. The van der Waals surface area contributed by atoms with E-state index in [4.69, 9.17) is 10.5 Å². The van der Waals surface area contributed by atoms with Gasteiger partial charge in [0.05, 0.1) is 6.33 Å². The summed E-state index contributed by atoms with van der Waals surface area (Å²) in [7, 11) is 0. The molecule has 1 aromatic carbocycles. The predicted molar refractivity (Wildman–Crippen MR) is 83.6 cm³/mol. The van der Waals surface area contributed by atoms with Crippen LogP contribution in [0.5, 0.6) is 0 Å². The smallest absolute Gasteiger partial charge is 0.224 e. The van der Waals surface area contributed by atoms with E-state index in [1.165, 1.54) is 12.1 Å². The number of halogens is 1. The van der Waals surface area contributed by atoms with Crippen molar-refractivity contribution in [3.05, 3.63) is 36.4 Å². The number of hydrogen-bond acceptors (Lipinski definition) is 6. The Morgan fingerprint density at radius 3 is 2.83 bits per heavy atom. The summed E-state index contributed by atoms with van der Waals surface area (Å²) in [4.78, 5) is 12.9. The topological polar surface area (TPSA) is 90.9 Å². The third kappa shape index (κ3) is 2.57. The average Bonchev–Trinajstić information content (AvgIpc) is 3.18. The van der Waals surface area contributed by atoms with Gasteiger partial charge in [-0.15, -0.1) is 0 Å². The highest BCUT2D eigenvalue weighted by molar-refractivity contribution is 5.86. The molecule has 0 spiro atoms. The molecular formula is C15H15FN6O. The van der Waals surface area contributed by atoms with E-state index in [9.17, 15) is 4.39 Å². The summed E-state index contributed by atoms with van der Waals surface area (Å²) in [6.45, 7) is 0.728. The minimum Gasteiger partial charge on any atom is -0.368 e. The maximum atomic E-state index is 13.0. The van der Waals surface area contributed by atoms with Crippen LogP contribution >= 0.6 is 0 Å². The Kier molecular flexibility index (Phi) is 3.30. The third-order valence-corrected chi connectivity index (χ3v) is 3.76. The number of nitrogens with one attached hydrogen (secondary N) is 1. The van der Waals surface area contributed by atoms with Crippen molar-refractivity contribution in [3.8, 4) is 0 Å². The first kappa shape index (κ1) is 13.9. The number of imidazole rings is 1. The summed E-state index contributed by atoms with van der Waals surface area (Å²) >= 11 is 0.